The predicted octanol–water partition coefficient (Wildman–Crippen LogP) is 3.80. The van der Waals surface area contributed by atoms with Gasteiger partial charge >= 0.3 is 0 Å². The largest absolute Gasteiger partial charge is 0.314 e. The Morgan fingerprint density at radius 3 is 2.93 bits per heavy atom. The van der Waals surface area contributed by atoms with Crippen LogP contribution in [0.5, 0.6) is 0 Å². The molecule has 1 heterocycles. The zero-order valence-electron chi connectivity index (χ0n) is 9.70. The average molecular weight is 223 g/mol. The van der Waals surface area contributed by atoms with E-state index >= 15 is 0 Å². The molecule has 1 nitrogen and oxygen atoms in total. The molecular formula is C13H21NS. The van der Waals surface area contributed by atoms with E-state index in [2.05, 4.69) is 42.6 Å². The van der Waals surface area contributed by atoms with Gasteiger partial charge in [0, 0.05) is 12.6 Å². The van der Waals surface area contributed by atoms with Gasteiger partial charge in [0.2, 0.25) is 0 Å². The van der Waals surface area contributed by atoms with E-state index in [0.717, 1.165) is 13.0 Å². The van der Waals surface area contributed by atoms with Crippen molar-refractivity contribution in [2.24, 2.45) is 0 Å². The third-order valence-corrected chi connectivity index (χ3v) is 3.39. The van der Waals surface area contributed by atoms with Gasteiger partial charge in [-0.05, 0) is 48.1 Å². The molecule has 2 unspecified atom stereocenters. The van der Waals surface area contributed by atoms with Crippen LogP contribution in [0.4, 0.5) is 0 Å². The lowest BCUT2D eigenvalue weighted by molar-refractivity contribution is 0.496. The van der Waals surface area contributed by atoms with Crippen LogP contribution in [0.1, 0.15) is 38.2 Å². The van der Waals surface area contributed by atoms with Crippen LogP contribution in [-0.2, 0) is 0 Å². The molecule has 0 bridgehead atoms. The van der Waals surface area contributed by atoms with Crippen molar-refractivity contribution in [3.63, 3.8) is 0 Å². The molecule has 0 saturated heterocycles. The highest BCUT2D eigenvalue weighted by atomic mass is 32.1. The molecule has 15 heavy (non-hydrogen) atoms. The maximum Gasteiger partial charge on any atom is 0.00419 e. The number of hydrogen-bond donors (Lipinski definition) is 1. The Balaban J connectivity index is 2.22. The normalized spacial score (nSPS) is 14.8. The minimum absolute atomic E-state index is 0.587. The minimum Gasteiger partial charge on any atom is -0.314 e. The average Bonchev–Trinajstić information content (AvgIpc) is 2.76. The van der Waals surface area contributed by atoms with Gasteiger partial charge in [0.15, 0.2) is 0 Å². The van der Waals surface area contributed by atoms with E-state index in [0.29, 0.717) is 12.0 Å². The maximum absolute atomic E-state index is 3.74. The molecule has 1 N–H and O–H groups in total. The quantitative estimate of drug-likeness (QED) is 0.693. The minimum atomic E-state index is 0.587. The molecule has 0 amide bonds. The first kappa shape index (κ1) is 12.5. The molecule has 0 spiro atoms. The van der Waals surface area contributed by atoms with E-state index in [4.69, 9.17) is 0 Å². The summed E-state index contributed by atoms with van der Waals surface area (Å²) in [6.45, 7) is 9.32. The summed E-state index contributed by atoms with van der Waals surface area (Å²) >= 11 is 1.78. The van der Waals surface area contributed by atoms with Crippen molar-refractivity contribution < 1.29 is 0 Å². The summed E-state index contributed by atoms with van der Waals surface area (Å²) in [7, 11) is 0. The number of rotatable bonds is 7. The Morgan fingerprint density at radius 2 is 2.33 bits per heavy atom. The topological polar surface area (TPSA) is 12.0 Å². The highest BCUT2D eigenvalue weighted by Crippen LogP contribution is 2.17. The molecule has 1 aromatic rings. The van der Waals surface area contributed by atoms with Gasteiger partial charge in [-0.3, -0.25) is 0 Å². The second-order valence-electron chi connectivity index (χ2n) is 4.13. The molecule has 2 atom stereocenters. The van der Waals surface area contributed by atoms with Gasteiger partial charge in [0.1, 0.15) is 0 Å². The van der Waals surface area contributed by atoms with Crippen molar-refractivity contribution in [1.29, 1.82) is 0 Å². The number of allylic oxidation sites excluding steroid dienone is 1. The molecule has 1 aromatic heterocycles. The van der Waals surface area contributed by atoms with Crippen molar-refractivity contribution in [2.75, 3.05) is 6.54 Å². The van der Waals surface area contributed by atoms with E-state index in [1.165, 1.54) is 12.0 Å². The Labute approximate surface area is 97.2 Å². The molecule has 0 radical (unpaired) electrons. The molecule has 0 aromatic carbocycles. The molecule has 0 aliphatic rings. The van der Waals surface area contributed by atoms with Crippen molar-refractivity contribution in [1.82, 2.24) is 5.32 Å². The lowest BCUT2D eigenvalue weighted by atomic mass is 10.0. The molecule has 1 rings (SSSR count). The fraction of sp³-hybridized carbons (Fsp3) is 0.538. The lowest BCUT2D eigenvalue weighted by Gasteiger charge is -2.16. The van der Waals surface area contributed by atoms with Crippen LogP contribution in [0.25, 0.3) is 0 Å². The summed E-state index contributed by atoms with van der Waals surface area (Å²) in [6.07, 6.45) is 4.27. The zero-order valence-corrected chi connectivity index (χ0v) is 10.5. The summed E-state index contributed by atoms with van der Waals surface area (Å²) in [6, 6.07) is 2.80. The van der Waals surface area contributed by atoms with Crippen molar-refractivity contribution in [3.8, 4) is 0 Å². The second-order valence-corrected chi connectivity index (χ2v) is 4.91. The van der Waals surface area contributed by atoms with E-state index in [9.17, 15) is 0 Å². The van der Waals surface area contributed by atoms with Gasteiger partial charge in [-0.15, -0.1) is 6.58 Å². The second kappa shape index (κ2) is 6.81. The number of nitrogens with one attached hydrogen (secondary N) is 1. The van der Waals surface area contributed by atoms with Crippen LogP contribution in [0.15, 0.2) is 29.5 Å². The lowest BCUT2D eigenvalue weighted by Crippen LogP contribution is -2.29. The van der Waals surface area contributed by atoms with Crippen LogP contribution in [0.3, 0.4) is 0 Å². The first-order valence-corrected chi connectivity index (χ1v) is 6.54. The maximum atomic E-state index is 3.74. The smallest absolute Gasteiger partial charge is 0.00419 e. The Hall–Kier alpha value is -0.600. The Bertz CT molecular complexity index is 266. The summed E-state index contributed by atoms with van der Waals surface area (Å²) in [5, 5.41) is 7.94. The highest BCUT2D eigenvalue weighted by molar-refractivity contribution is 7.07. The molecule has 0 aliphatic heterocycles. The van der Waals surface area contributed by atoms with Crippen molar-refractivity contribution in [2.45, 2.75) is 38.6 Å². The molecule has 0 saturated carbocycles. The number of hydrogen-bond acceptors (Lipinski definition) is 2. The van der Waals surface area contributed by atoms with Gasteiger partial charge in [-0.1, -0.05) is 13.0 Å². The first-order chi connectivity index (χ1) is 7.24. The van der Waals surface area contributed by atoms with E-state index < -0.39 is 0 Å². The van der Waals surface area contributed by atoms with Crippen LogP contribution in [-0.4, -0.2) is 12.6 Å². The fourth-order valence-corrected chi connectivity index (χ4v) is 2.30. The molecular weight excluding hydrogens is 202 g/mol. The van der Waals surface area contributed by atoms with Crippen molar-refractivity contribution in [3.05, 3.63) is 35.0 Å². The molecule has 2 heteroatoms. The summed E-state index contributed by atoms with van der Waals surface area (Å²) < 4.78 is 0. The fourth-order valence-electron chi connectivity index (χ4n) is 1.52. The van der Waals surface area contributed by atoms with E-state index in [1.807, 2.05) is 6.08 Å². The monoisotopic (exact) mass is 223 g/mol. The predicted molar refractivity (Wildman–Crippen MR) is 69.6 cm³/mol. The van der Waals surface area contributed by atoms with Crippen LogP contribution < -0.4 is 5.32 Å². The Morgan fingerprint density at radius 1 is 1.53 bits per heavy atom. The van der Waals surface area contributed by atoms with Gasteiger partial charge in [-0.2, -0.15) is 11.3 Å². The summed E-state index contributed by atoms with van der Waals surface area (Å²) in [5.74, 6) is 0.613. The van der Waals surface area contributed by atoms with Gasteiger partial charge in [0.05, 0.1) is 0 Å². The summed E-state index contributed by atoms with van der Waals surface area (Å²) in [5.41, 5.74) is 1.45. The van der Waals surface area contributed by atoms with E-state index in [-0.39, 0.29) is 0 Å². The number of thiophene rings is 1. The molecule has 0 fully saturated rings. The highest BCUT2D eigenvalue weighted by Gasteiger charge is 2.07. The van der Waals surface area contributed by atoms with Gasteiger partial charge < -0.3 is 5.32 Å². The third-order valence-electron chi connectivity index (χ3n) is 2.69. The molecule has 84 valence electrons. The standard InChI is InChI=1S/C13H21NS/c1-4-5-6-12(3)14-9-11(2)13-7-8-15-10-13/h4,7-8,10-12,14H,1,5-6,9H2,2-3H3. The van der Waals surface area contributed by atoms with Gasteiger partial charge in [-0.25, -0.2) is 0 Å². The van der Waals surface area contributed by atoms with Crippen LogP contribution in [0, 0.1) is 0 Å². The molecule has 0 aliphatic carbocycles. The SMILES string of the molecule is C=CCCC(C)NCC(C)c1ccsc1. The van der Waals surface area contributed by atoms with Gasteiger partial charge in [0.25, 0.3) is 0 Å². The zero-order chi connectivity index (χ0) is 11.1. The summed E-state index contributed by atoms with van der Waals surface area (Å²) in [4.78, 5) is 0. The van der Waals surface area contributed by atoms with Crippen LogP contribution in [0.2, 0.25) is 0 Å². The van der Waals surface area contributed by atoms with E-state index in [1.54, 1.807) is 11.3 Å². The Kier molecular flexibility index (Phi) is 5.66. The third kappa shape index (κ3) is 4.63. The first-order valence-electron chi connectivity index (χ1n) is 5.60. The van der Waals surface area contributed by atoms with Crippen LogP contribution >= 0.6 is 11.3 Å². The van der Waals surface area contributed by atoms with Crippen molar-refractivity contribution >= 4 is 11.3 Å².